The summed E-state index contributed by atoms with van der Waals surface area (Å²) in [5, 5.41) is 0. The lowest BCUT2D eigenvalue weighted by Gasteiger charge is -2.39. The molecular formula is C13H24N2O. The molecule has 0 aromatic carbocycles. The molecule has 92 valence electrons. The first kappa shape index (κ1) is 11.9. The van der Waals surface area contributed by atoms with Crippen LogP contribution in [0.5, 0.6) is 0 Å². The molecule has 1 aliphatic carbocycles. The van der Waals surface area contributed by atoms with E-state index >= 15 is 0 Å². The van der Waals surface area contributed by atoms with Gasteiger partial charge in [0.25, 0.3) is 0 Å². The van der Waals surface area contributed by atoms with E-state index in [1.54, 1.807) is 0 Å². The molecule has 2 atom stereocenters. The number of amides is 1. The van der Waals surface area contributed by atoms with Crippen LogP contribution in [0.25, 0.3) is 0 Å². The van der Waals surface area contributed by atoms with Gasteiger partial charge in [-0.25, -0.2) is 0 Å². The summed E-state index contributed by atoms with van der Waals surface area (Å²) < 4.78 is 0. The Bertz CT molecular complexity index is 250. The van der Waals surface area contributed by atoms with Gasteiger partial charge in [0, 0.05) is 25.6 Å². The van der Waals surface area contributed by atoms with Gasteiger partial charge in [-0.15, -0.1) is 0 Å². The molecule has 16 heavy (non-hydrogen) atoms. The summed E-state index contributed by atoms with van der Waals surface area (Å²) in [6.45, 7) is 3.80. The standard InChI is InChI=1S/C13H24N2O/c1-2-10-5-6-15(12(7-10)9-14)13(16)8-11-3-4-11/h10-12H,2-9,14H2,1H3. The zero-order valence-corrected chi connectivity index (χ0v) is 10.3. The van der Waals surface area contributed by atoms with Gasteiger partial charge < -0.3 is 10.6 Å². The molecule has 1 amide bonds. The average Bonchev–Trinajstić information content (AvgIpc) is 3.11. The lowest BCUT2D eigenvalue weighted by molar-refractivity contribution is -0.135. The molecule has 3 heteroatoms. The van der Waals surface area contributed by atoms with E-state index in [2.05, 4.69) is 11.8 Å². The van der Waals surface area contributed by atoms with E-state index in [0.29, 0.717) is 24.4 Å². The van der Waals surface area contributed by atoms with Gasteiger partial charge >= 0.3 is 0 Å². The number of rotatable bonds is 4. The lowest BCUT2D eigenvalue weighted by atomic mass is 9.88. The molecule has 0 bridgehead atoms. The van der Waals surface area contributed by atoms with E-state index in [0.717, 1.165) is 25.3 Å². The SMILES string of the molecule is CCC1CCN(C(=O)CC2CC2)C(CN)C1. The molecule has 2 fully saturated rings. The van der Waals surface area contributed by atoms with Gasteiger partial charge in [0.15, 0.2) is 0 Å². The van der Waals surface area contributed by atoms with Crippen molar-refractivity contribution in [1.82, 2.24) is 4.90 Å². The zero-order chi connectivity index (χ0) is 11.5. The minimum absolute atomic E-state index is 0.310. The quantitative estimate of drug-likeness (QED) is 0.791. The van der Waals surface area contributed by atoms with Gasteiger partial charge in [-0.3, -0.25) is 4.79 Å². The van der Waals surface area contributed by atoms with Crippen molar-refractivity contribution in [3.8, 4) is 0 Å². The van der Waals surface area contributed by atoms with Crippen LogP contribution in [0.1, 0.15) is 45.4 Å². The number of likely N-dealkylation sites (tertiary alicyclic amines) is 1. The first-order valence-corrected chi connectivity index (χ1v) is 6.74. The van der Waals surface area contributed by atoms with E-state index < -0.39 is 0 Å². The summed E-state index contributed by atoms with van der Waals surface area (Å²) in [5.41, 5.74) is 5.80. The Labute approximate surface area is 98.4 Å². The predicted molar refractivity (Wildman–Crippen MR) is 64.9 cm³/mol. The number of nitrogens with zero attached hydrogens (tertiary/aromatic N) is 1. The third-order valence-electron chi connectivity index (χ3n) is 4.15. The fourth-order valence-corrected chi connectivity index (χ4v) is 2.74. The molecule has 0 spiro atoms. The van der Waals surface area contributed by atoms with Crippen LogP contribution in [0.2, 0.25) is 0 Å². The largest absolute Gasteiger partial charge is 0.338 e. The highest BCUT2D eigenvalue weighted by Gasteiger charge is 2.33. The maximum atomic E-state index is 12.1. The van der Waals surface area contributed by atoms with Crippen molar-refractivity contribution >= 4 is 5.91 Å². The average molecular weight is 224 g/mol. The first-order chi connectivity index (χ1) is 7.74. The Hall–Kier alpha value is -0.570. The Balaban J connectivity index is 1.89. The van der Waals surface area contributed by atoms with E-state index in [4.69, 9.17) is 5.73 Å². The van der Waals surface area contributed by atoms with Crippen molar-refractivity contribution in [2.45, 2.75) is 51.5 Å². The van der Waals surface area contributed by atoms with E-state index in [1.165, 1.54) is 25.7 Å². The van der Waals surface area contributed by atoms with Crippen molar-refractivity contribution in [1.29, 1.82) is 0 Å². The van der Waals surface area contributed by atoms with Gasteiger partial charge in [-0.1, -0.05) is 13.3 Å². The first-order valence-electron chi connectivity index (χ1n) is 6.74. The van der Waals surface area contributed by atoms with Crippen molar-refractivity contribution in [2.24, 2.45) is 17.6 Å². The highest BCUT2D eigenvalue weighted by Crippen LogP contribution is 2.34. The fourth-order valence-electron chi connectivity index (χ4n) is 2.74. The third-order valence-corrected chi connectivity index (χ3v) is 4.15. The Morgan fingerprint density at radius 1 is 1.31 bits per heavy atom. The van der Waals surface area contributed by atoms with Crippen LogP contribution >= 0.6 is 0 Å². The third kappa shape index (κ3) is 2.76. The summed E-state index contributed by atoms with van der Waals surface area (Å²) in [7, 11) is 0. The molecule has 1 heterocycles. The maximum Gasteiger partial charge on any atom is 0.223 e. The van der Waals surface area contributed by atoms with E-state index in [-0.39, 0.29) is 0 Å². The van der Waals surface area contributed by atoms with Gasteiger partial charge in [0.2, 0.25) is 5.91 Å². The van der Waals surface area contributed by atoms with Crippen molar-refractivity contribution in [3.05, 3.63) is 0 Å². The van der Waals surface area contributed by atoms with E-state index in [1.807, 2.05) is 0 Å². The molecule has 2 N–H and O–H groups in total. The Morgan fingerprint density at radius 3 is 2.62 bits per heavy atom. The maximum absolute atomic E-state index is 12.1. The van der Waals surface area contributed by atoms with Crippen LogP contribution in [0, 0.1) is 11.8 Å². The molecule has 0 aromatic rings. The molecule has 2 unspecified atom stereocenters. The topological polar surface area (TPSA) is 46.3 Å². The van der Waals surface area contributed by atoms with E-state index in [9.17, 15) is 4.79 Å². The predicted octanol–water partition coefficient (Wildman–Crippen LogP) is 1.76. The van der Waals surface area contributed by atoms with Crippen molar-refractivity contribution in [2.75, 3.05) is 13.1 Å². The number of carbonyl (C=O) groups excluding carboxylic acids is 1. The summed E-state index contributed by atoms with van der Waals surface area (Å²) in [6, 6.07) is 0.310. The lowest BCUT2D eigenvalue weighted by Crippen LogP contribution is -2.49. The van der Waals surface area contributed by atoms with Crippen molar-refractivity contribution in [3.63, 3.8) is 0 Å². The fraction of sp³-hybridized carbons (Fsp3) is 0.923. The van der Waals surface area contributed by atoms with Crippen LogP contribution in [-0.2, 0) is 4.79 Å². The molecule has 1 aliphatic heterocycles. The van der Waals surface area contributed by atoms with Gasteiger partial charge in [-0.2, -0.15) is 0 Å². The molecule has 2 rings (SSSR count). The van der Waals surface area contributed by atoms with Crippen LogP contribution in [0.15, 0.2) is 0 Å². The number of carbonyl (C=O) groups is 1. The van der Waals surface area contributed by atoms with Crippen LogP contribution in [0.3, 0.4) is 0 Å². The van der Waals surface area contributed by atoms with Crippen molar-refractivity contribution < 1.29 is 4.79 Å². The molecule has 2 aliphatic rings. The number of hydrogen-bond donors (Lipinski definition) is 1. The van der Waals surface area contributed by atoms with Gasteiger partial charge in [0.1, 0.15) is 0 Å². The molecule has 1 saturated heterocycles. The second-order valence-electron chi connectivity index (χ2n) is 5.42. The summed E-state index contributed by atoms with van der Waals surface area (Å²) in [6.07, 6.45) is 6.79. The summed E-state index contributed by atoms with van der Waals surface area (Å²) in [5.74, 6) is 1.82. The molecular weight excluding hydrogens is 200 g/mol. The van der Waals surface area contributed by atoms with Crippen LogP contribution < -0.4 is 5.73 Å². The number of piperidine rings is 1. The Morgan fingerprint density at radius 2 is 2.06 bits per heavy atom. The molecule has 0 radical (unpaired) electrons. The van der Waals surface area contributed by atoms with Gasteiger partial charge in [-0.05, 0) is 37.5 Å². The second-order valence-corrected chi connectivity index (χ2v) is 5.42. The number of nitrogens with two attached hydrogens (primary N) is 1. The minimum Gasteiger partial charge on any atom is -0.338 e. The smallest absolute Gasteiger partial charge is 0.223 e. The molecule has 3 nitrogen and oxygen atoms in total. The second kappa shape index (κ2) is 5.17. The molecule has 1 saturated carbocycles. The number of hydrogen-bond acceptors (Lipinski definition) is 2. The zero-order valence-electron chi connectivity index (χ0n) is 10.3. The van der Waals surface area contributed by atoms with Crippen LogP contribution in [0.4, 0.5) is 0 Å². The Kier molecular flexibility index (Phi) is 3.85. The summed E-state index contributed by atoms with van der Waals surface area (Å²) >= 11 is 0. The highest BCUT2D eigenvalue weighted by molar-refractivity contribution is 5.77. The molecule has 0 aromatic heterocycles. The van der Waals surface area contributed by atoms with Crippen LogP contribution in [-0.4, -0.2) is 29.9 Å². The monoisotopic (exact) mass is 224 g/mol. The minimum atomic E-state index is 0.310. The van der Waals surface area contributed by atoms with Gasteiger partial charge in [0.05, 0.1) is 0 Å². The summed E-state index contributed by atoms with van der Waals surface area (Å²) in [4.78, 5) is 14.1. The normalized spacial score (nSPS) is 30.5. The highest BCUT2D eigenvalue weighted by atomic mass is 16.2.